The van der Waals surface area contributed by atoms with Crippen LogP contribution in [0.5, 0.6) is 0 Å². The first-order chi connectivity index (χ1) is 6.93. The number of aromatic carboxylic acids is 1. The monoisotopic (exact) mass is 206 g/mol. The van der Waals surface area contributed by atoms with Crippen molar-refractivity contribution >= 4 is 11.8 Å². The van der Waals surface area contributed by atoms with E-state index in [-0.39, 0.29) is 17.3 Å². The van der Waals surface area contributed by atoms with Crippen LogP contribution < -0.4 is 0 Å². The van der Waals surface area contributed by atoms with Gasteiger partial charge in [0.05, 0.1) is 5.56 Å². The van der Waals surface area contributed by atoms with Crippen molar-refractivity contribution in [1.82, 2.24) is 0 Å². The van der Waals surface area contributed by atoms with E-state index in [1.54, 1.807) is 13.0 Å². The van der Waals surface area contributed by atoms with E-state index >= 15 is 0 Å². The largest absolute Gasteiger partial charge is 0.478 e. The van der Waals surface area contributed by atoms with Gasteiger partial charge in [-0.1, -0.05) is 19.9 Å². The van der Waals surface area contributed by atoms with Gasteiger partial charge in [0.2, 0.25) is 0 Å². The number of rotatable bonds is 3. The average Bonchev–Trinajstić information content (AvgIpc) is 2.16. The average molecular weight is 206 g/mol. The Bertz CT molecular complexity index is 405. The fraction of sp³-hybridized carbons (Fsp3) is 0.333. The summed E-state index contributed by atoms with van der Waals surface area (Å²) in [5.74, 6) is -0.995. The zero-order valence-corrected chi connectivity index (χ0v) is 9.07. The molecule has 80 valence electrons. The standard InChI is InChI=1S/C12H14O3/c1-7(2)11(13)10-5-4-9(12(14)15)6-8(10)3/h4-7H,1-3H3,(H,14,15). The third kappa shape index (κ3) is 2.43. The SMILES string of the molecule is Cc1cc(C(=O)O)ccc1C(=O)C(C)C. The molecule has 0 aromatic heterocycles. The Hall–Kier alpha value is -1.64. The summed E-state index contributed by atoms with van der Waals surface area (Å²) in [4.78, 5) is 22.4. The first-order valence-corrected chi connectivity index (χ1v) is 4.81. The zero-order valence-electron chi connectivity index (χ0n) is 9.07. The molecule has 0 radical (unpaired) electrons. The minimum atomic E-state index is -0.971. The number of carboxylic acids is 1. The van der Waals surface area contributed by atoms with Crippen LogP contribution in [0.3, 0.4) is 0 Å². The highest BCUT2D eigenvalue weighted by atomic mass is 16.4. The molecule has 1 aromatic rings. The van der Waals surface area contributed by atoms with E-state index in [4.69, 9.17) is 5.11 Å². The third-order valence-corrected chi connectivity index (χ3v) is 2.26. The number of hydrogen-bond acceptors (Lipinski definition) is 2. The number of carbonyl (C=O) groups excluding carboxylic acids is 1. The van der Waals surface area contributed by atoms with Crippen molar-refractivity contribution in [2.45, 2.75) is 20.8 Å². The lowest BCUT2D eigenvalue weighted by Gasteiger charge is -2.08. The van der Waals surface area contributed by atoms with Gasteiger partial charge < -0.3 is 5.11 Å². The summed E-state index contributed by atoms with van der Waals surface area (Å²) < 4.78 is 0. The second-order valence-electron chi connectivity index (χ2n) is 3.85. The van der Waals surface area contributed by atoms with Gasteiger partial charge in [-0.05, 0) is 24.6 Å². The topological polar surface area (TPSA) is 54.4 Å². The normalized spacial score (nSPS) is 10.4. The molecule has 0 bridgehead atoms. The van der Waals surface area contributed by atoms with Crippen LogP contribution in [-0.4, -0.2) is 16.9 Å². The number of benzene rings is 1. The summed E-state index contributed by atoms with van der Waals surface area (Å²) >= 11 is 0. The maximum atomic E-state index is 11.7. The summed E-state index contributed by atoms with van der Waals surface area (Å²) in [6.07, 6.45) is 0. The minimum absolute atomic E-state index is 0.0458. The summed E-state index contributed by atoms with van der Waals surface area (Å²) in [6, 6.07) is 4.57. The van der Waals surface area contributed by atoms with Gasteiger partial charge in [0.15, 0.2) is 5.78 Å². The molecule has 0 saturated heterocycles. The molecule has 15 heavy (non-hydrogen) atoms. The molecule has 3 heteroatoms. The quantitative estimate of drug-likeness (QED) is 0.773. The van der Waals surface area contributed by atoms with Crippen molar-refractivity contribution < 1.29 is 14.7 Å². The van der Waals surface area contributed by atoms with Crippen LogP contribution in [0.2, 0.25) is 0 Å². The van der Waals surface area contributed by atoms with E-state index in [1.165, 1.54) is 12.1 Å². The van der Waals surface area contributed by atoms with E-state index in [9.17, 15) is 9.59 Å². The Morgan fingerprint density at radius 1 is 1.27 bits per heavy atom. The highest BCUT2D eigenvalue weighted by Crippen LogP contribution is 2.15. The summed E-state index contributed by atoms with van der Waals surface area (Å²) in [7, 11) is 0. The van der Waals surface area contributed by atoms with E-state index in [0.29, 0.717) is 11.1 Å². The number of carboxylic acid groups (broad SMARTS) is 1. The number of Topliss-reactive ketones (excluding diaryl/α,β-unsaturated/α-hetero) is 1. The van der Waals surface area contributed by atoms with Crippen LogP contribution in [0.4, 0.5) is 0 Å². The summed E-state index contributed by atoms with van der Waals surface area (Å²) in [5, 5.41) is 8.76. The number of carbonyl (C=O) groups is 2. The highest BCUT2D eigenvalue weighted by Gasteiger charge is 2.14. The van der Waals surface area contributed by atoms with Gasteiger partial charge in [0.25, 0.3) is 0 Å². The Morgan fingerprint density at radius 2 is 1.87 bits per heavy atom. The molecule has 0 atom stereocenters. The van der Waals surface area contributed by atoms with Crippen LogP contribution in [-0.2, 0) is 0 Å². The van der Waals surface area contributed by atoms with E-state index in [2.05, 4.69) is 0 Å². The van der Waals surface area contributed by atoms with Crippen molar-refractivity contribution in [3.05, 3.63) is 34.9 Å². The molecule has 0 amide bonds. The molecule has 0 saturated carbocycles. The molecule has 0 unspecified atom stereocenters. The molecule has 0 fully saturated rings. The number of hydrogen-bond donors (Lipinski definition) is 1. The fourth-order valence-electron chi connectivity index (χ4n) is 1.38. The van der Waals surface area contributed by atoms with Crippen molar-refractivity contribution in [3.8, 4) is 0 Å². The summed E-state index contributed by atoms with van der Waals surface area (Å²) in [6.45, 7) is 5.40. The number of aryl methyl sites for hydroxylation is 1. The van der Waals surface area contributed by atoms with Gasteiger partial charge in [-0.15, -0.1) is 0 Å². The molecule has 0 aliphatic heterocycles. The smallest absolute Gasteiger partial charge is 0.335 e. The van der Waals surface area contributed by atoms with E-state index in [0.717, 1.165) is 0 Å². The van der Waals surface area contributed by atoms with Crippen LogP contribution in [0.25, 0.3) is 0 Å². The predicted molar refractivity (Wildman–Crippen MR) is 57.3 cm³/mol. The zero-order chi connectivity index (χ0) is 11.6. The van der Waals surface area contributed by atoms with Gasteiger partial charge in [-0.25, -0.2) is 4.79 Å². The Labute approximate surface area is 88.7 Å². The van der Waals surface area contributed by atoms with Gasteiger partial charge in [-0.3, -0.25) is 4.79 Å². The number of ketones is 1. The Morgan fingerprint density at radius 3 is 2.27 bits per heavy atom. The molecule has 0 aliphatic carbocycles. The highest BCUT2D eigenvalue weighted by molar-refractivity contribution is 5.99. The lowest BCUT2D eigenvalue weighted by atomic mass is 9.96. The first-order valence-electron chi connectivity index (χ1n) is 4.81. The third-order valence-electron chi connectivity index (χ3n) is 2.26. The molecule has 0 spiro atoms. The van der Waals surface area contributed by atoms with E-state index < -0.39 is 5.97 Å². The maximum Gasteiger partial charge on any atom is 0.335 e. The van der Waals surface area contributed by atoms with Crippen LogP contribution >= 0.6 is 0 Å². The van der Waals surface area contributed by atoms with Gasteiger partial charge in [0.1, 0.15) is 0 Å². The molecule has 0 aliphatic rings. The molecule has 1 N–H and O–H groups in total. The lowest BCUT2D eigenvalue weighted by Crippen LogP contribution is -2.10. The van der Waals surface area contributed by atoms with Crippen LogP contribution in [0.15, 0.2) is 18.2 Å². The lowest BCUT2D eigenvalue weighted by molar-refractivity contribution is 0.0696. The second-order valence-corrected chi connectivity index (χ2v) is 3.85. The van der Waals surface area contributed by atoms with Gasteiger partial charge in [-0.2, -0.15) is 0 Å². The molecule has 1 rings (SSSR count). The van der Waals surface area contributed by atoms with Crippen molar-refractivity contribution in [3.63, 3.8) is 0 Å². The molecule has 0 heterocycles. The van der Waals surface area contributed by atoms with Crippen LogP contribution in [0.1, 0.15) is 40.1 Å². The molecular weight excluding hydrogens is 192 g/mol. The molecule has 1 aromatic carbocycles. The predicted octanol–water partition coefficient (Wildman–Crippen LogP) is 2.53. The van der Waals surface area contributed by atoms with Crippen LogP contribution in [0, 0.1) is 12.8 Å². The fourth-order valence-corrected chi connectivity index (χ4v) is 1.38. The minimum Gasteiger partial charge on any atom is -0.478 e. The molecular formula is C12H14O3. The molecule has 3 nitrogen and oxygen atoms in total. The Kier molecular flexibility index (Phi) is 3.24. The van der Waals surface area contributed by atoms with E-state index in [1.807, 2.05) is 13.8 Å². The van der Waals surface area contributed by atoms with Crippen molar-refractivity contribution in [2.75, 3.05) is 0 Å². The first kappa shape index (κ1) is 11.4. The van der Waals surface area contributed by atoms with Gasteiger partial charge >= 0.3 is 5.97 Å². The second kappa shape index (κ2) is 4.26. The maximum absolute atomic E-state index is 11.7. The summed E-state index contributed by atoms with van der Waals surface area (Å²) in [5.41, 5.74) is 1.54. The van der Waals surface area contributed by atoms with Crippen molar-refractivity contribution in [2.24, 2.45) is 5.92 Å². The van der Waals surface area contributed by atoms with Crippen molar-refractivity contribution in [1.29, 1.82) is 0 Å². The Balaban J connectivity index is 3.14. The van der Waals surface area contributed by atoms with Gasteiger partial charge in [0, 0.05) is 11.5 Å².